The fraction of sp³-hybridized carbons (Fsp3) is 0.300. The van der Waals surface area contributed by atoms with E-state index in [-0.39, 0.29) is 17.1 Å². The topological polar surface area (TPSA) is 69.4 Å². The Morgan fingerprint density at radius 1 is 1.59 bits per heavy atom. The Hall–Kier alpha value is -1.33. The number of halogens is 2. The Bertz CT molecular complexity index is 450. The molecule has 0 bridgehead atoms. The highest BCUT2D eigenvalue weighted by molar-refractivity contribution is 6.32. The molecule has 5 nitrogen and oxygen atoms in total. The number of esters is 1. The van der Waals surface area contributed by atoms with Crippen LogP contribution in [0.2, 0.25) is 5.02 Å². The van der Waals surface area contributed by atoms with Crippen LogP contribution in [0.5, 0.6) is 0 Å². The molecule has 7 heteroatoms. The van der Waals surface area contributed by atoms with E-state index in [4.69, 9.17) is 23.2 Å². The summed E-state index contributed by atoms with van der Waals surface area (Å²) < 4.78 is 4.46. The van der Waals surface area contributed by atoms with Gasteiger partial charge in [-0.2, -0.15) is 0 Å². The van der Waals surface area contributed by atoms with Crippen molar-refractivity contribution >= 4 is 34.9 Å². The molecule has 0 aromatic heterocycles. The van der Waals surface area contributed by atoms with Crippen LogP contribution in [-0.2, 0) is 16.0 Å². The van der Waals surface area contributed by atoms with Crippen LogP contribution in [0.25, 0.3) is 0 Å². The number of carbonyl (C=O) groups is 1. The largest absolute Gasteiger partial charge is 0.468 e. The molecule has 0 amide bonds. The first-order valence-electron chi connectivity index (χ1n) is 4.60. The minimum Gasteiger partial charge on any atom is -0.468 e. The van der Waals surface area contributed by atoms with E-state index in [2.05, 4.69) is 4.74 Å². The molecule has 0 N–H and O–H groups in total. The van der Waals surface area contributed by atoms with Crippen molar-refractivity contribution in [1.82, 2.24) is 0 Å². The molecule has 1 unspecified atom stereocenters. The number of rotatable bonds is 4. The first kappa shape index (κ1) is 13.7. The highest BCUT2D eigenvalue weighted by Gasteiger charge is 2.19. The fourth-order valence-electron chi connectivity index (χ4n) is 1.22. The van der Waals surface area contributed by atoms with Crippen LogP contribution < -0.4 is 0 Å². The molecule has 0 aliphatic heterocycles. The SMILES string of the molecule is COC(=O)C(Cl)Cc1ccc([N+](=O)[O-])cc1Cl. The zero-order chi connectivity index (χ0) is 13.0. The molecule has 92 valence electrons. The van der Waals surface area contributed by atoms with Gasteiger partial charge < -0.3 is 4.74 Å². The second kappa shape index (κ2) is 5.84. The van der Waals surface area contributed by atoms with Crippen LogP contribution in [0.15, 0.2) is 18.2 Å². The minimum absolute atomic E-state index is 0.108. The molecule has 0 fully saturated rings. The van der Waals surface area contributed by atoms with Crippen LogP contribution in [0.4, 0.5) is 5.69 Å². The number of benzene rings is 1. The van der Waals surface area contributed by atoms with Crippen LogP contribution in [-0.4, -0.2) is 23.4 Å². The van der Waals surface area contributed by atoms with Gasteiger partial charge in [-0.3, -0.25) is 14.9 Å². The van der Waals surface area contributed by atoms with Crippen LogP contribution in [0.3, 0.4) is 0 Å². The molecular weight excluding hydrogens is 269 g/mol. The van der Waals surface area contributed by atoms with E-state index >= 15 is 0 Å². The molecule has 0 heterocycles. The third kappa shape index (κ3) is 3.57. The van der Waals surface area contributed by atoms with E-state index in [9.17, 15) is 14.9 Å². The molecule has 0 spiro atoms. The van der Waals surface area contributed by atoms with Gasteiger partial charge in [-0.1, -0.05) is 17.7 Å². The van der Waals surface area contributed by atoms with Crippen LogP contribution >= 0.6 is 23.2 Å². The number of carbonyl (C=O) groups excluding carboxylic acids is 1. The summed E-state index contributed by atoms with van der Waals surface area (Å²) >= 11 is 11.6. The van der Waals surface area contributed by atoms with Gasteiger partial charge in [-0.05, 0) is 5.56 Å². The number of alkyl halides is 1. The summed E-state index contributed by atoms with van der Waals surface area (Å²) in [4.78, 5) is 21.0. The van der Waals surface area contributed by atoms with Crippen molar-refractivity contribution in [3.8, 4) is 0 Å². The molecule has 0 saturated heterocycles. The monoisotopic (exact) mass is 277 g/mol. The van der Waals surface area contributed by atoms with Gasteiger partial charge in [0.05, 0.1) is 17.1 Å². The van der Waals surface area contributed by atoms with E-state index in [0.717, 1.165) is 0 Å². The lowest BCUT2D eigenvalue weighted by Crippen LogP contribution is -2.18. The number of nitro benzene ring substituents is 1. The zero-order valence-corrected chi connectivity index (χ0v) is 10.4. The maximum atomic E-state index is 11.1. The van der Waals surface area contributed by atoms with E-state index in [0.29, 0.717) is 5.56 Å². The smallest absolute Gasteiger partial charge is 0.324 e. The summed E-state index contributed by atoms with van der Waals surface area (Å²) in [7, 11) is 1.23. The fourth-order valence-corrected chi connectivity index (χ4v) is 1.73. The predicted octanol–water partition coefficient (Wildman–Crippen LogP) is 2.57. The van der Waals surface area contributed by atoms with Crippen molar-refractivity contribution < 1.29 is 14.5 Å². The standard InChI is InChI=1S/C10H9Cl2NO4/c1-17-10(14)9(12)4-6-2-3-7(13(15)16)5-8(6)11/h2-3,5,9H,4H2,1H3. The molecular formula is C10H9Cl2NO4. The Morgan fingerprint density at radius 2 is 2.24 bits per heavy atom. The number of nitro groups is 1. The lowest BCUT2D eigenvalue weighted by Gasteiger charge is -2.08. The van der Waals surface area contributed by atoms with Gasteiger partial charge in [0.1, 0.15) is 5.38 Å². The molecule has 0 radical (unpaired) electrons. The van der Waals surface area contributed by atoms with Crippen molar-refractivity contribution in [2.24, 2.45) is 0 Å². The summed E-state index contributed by atoms with van der Waals surface area (Å²) in [6.07, 6.45) is 0.158. The van der Waals surface area contributed by atoms with E-state index in [1.54, 1.807) is 0 Å². The molecule has 1 rings (SSSR count). The summed E-state index contributed by atoms with van der Waals surface area (Å²) in [5.74, 6) is -0.568. The molecule has 17 heavy (non-hydrogen) atoms. The lowest BCUT2D eigenvalue weighted by atomic mass is 10.1. The Labute approximate surface area is 107 Å². The van der Waals surface area contributed by atoms with Crippen LogP contribution in [0.1, 0.15) is 5.56 Å². The van der Waals surface area contributed by atoms with Crippen molar-refractivity contribution in [3.63, 3.8) is 0 Å². The summed E-state index contributed by atoms with van der Waals surface area (Å²) in [6, 6.07) is 4.00. The van der Waals surface area contributed by atoms with Gasteiger partial charge in [0.25, 0.3) is 5.69 Å². The Morgan fingerprint density at radius 3 is 2.71 bits per heavy atom. The summed E-state index contributed by atoms with van der Waals surface area (Å²) in [5.41, 5.74) is 0.450. The van der Waals surface area contributed by atoms with E-state index in [1.165, 1.54) is 25.3 Å². The third-order valence-electron chi connectivity index (χ3n) is 2.10. The highest BCUT2D eigenvalue weighted by Crippen LogP contribution is 2.24. The van der Waals surface area contributed by atoms with E-state index in [1.807, 2.05) is 0 Å². The average molecular weight is 278 g/mol. The summed E-state index contributed by atoms with van der Waals surface area (Å²) in [5, 5.41) is 9.83. The van der Waals surface area contributed by atoms with Gasteiger partial charge in [0.15, 0.2) is 0 Å². The molecule has 0 aliphatic rings. The van der Waals surface area contributed by atoms with Gasteiger partial charge in [-0.25, -0.2) is 0 Å². The van der Waals surface area contributed by atoms with Crippen molar-refractivity contribution in [1.29, 1.82) is 0 Å². The number of hydrogen-bond donors (Lipinski definition) is 0. The maximum Gasteiger partial charge on any atom is 0.324 e. The number of nitrogens with zero attached hydrogens (tertiary/aromatic N) is 1. The second-order valence-electron chi connectivity index (χ2n) is 3.23. The molecule has 1 atom stereocenters. The lowest BCUT2D eigenvalue weighted by molar-refractivity contribution is -0.384. The average Bonchev–Trinajstić information content (AvgIpc) is 2.30. The predicted molar refractivity (Wildman–Crippen MR) is 63.5 cm³/mol. The molecule has 1 aromatic rings. The second-order valence-corrected chi connectivity index (χ2v) is 4.16. The Kier molecular flexibility index (Phi) is 4.72. The van der Waals surface area contributed by atoms with Gasteiger partial charge in [0.2, 0.25) is 0 Å². The van der Waals surface area contributed by atoms with Gasteiger partial charge >= 0.3 is 5.97 Å². The number of hydrogen-bond acceptors (Lipinski definition) is 4. The highest BCUT2D eigenvalue weighted by atomic mass is 35.5. The number of non-ortho nitro benzene ring substituents is 1. The van der Waals surface area contributed by atoms with Gasteiger partial charge in [-0.15, -0.1) is 11.6 Å². The molecule has 0 aliphatic carbocycles. The maximum absolute atomic E-state index is 11.1. The summed E-state index contributed by atoms with van der Waals surface area (Å²) in [6.45, 7) is 0. The first-order chi connectivity index (χ1) is 7.95. The molecule has 0 saturated carbocycles. The number of ether oxygens (including phenoxy) is 1. The van der Waals surface area contributed by atoms with Crippen molar-refractivity contribution in [2.45, 2.75) is 11.8 Å². The van der Waals surface area contributed by atoms with Crippen molar-refractivity contribution in [3.05, 3.63) is 38.9 Å². The van der Waals surface area contributed by atoms with Crippen molar-refractivity contribution in [2.75, 3.05) is 7.11 Å². The normalized spacial score (nSPS) is 11.9. The quantitative estimate of drug-likeness (QED) is 0.367. The molecule has 1 aromatic carbocycles. The van der Waals surface area contributed by atoms with E-state index < -0.39 is 16.3 Å². The minimum atomic E-state index is -0.862. The first-order valence-corrected chi connectivity index (χ1v) is 5.42. The van der Waals surface area contributed by atoms with Gasteiger partial charge in [0, 0.05) is 18.6 Å². The Balaban J connectivity index is 2.86. The van der Waals surface area contributed by atoms with Crippen LogP contribution in [0, 0.1) is 10.1 Å². The zero-order valence-electron chi connectivity index (χ0n) is 8.85. The third-order valence-corrected chi connectivity index (χ3v) is 2.79. The number of methoxy groups -OCH3 is 1.